The Labute approximate surface area is 120 Å². The molecular weight excluding hydrogens is 345 g/mol. The molecule has 1 aromatic carbocycles. The summed E-state index contributed by atoms with van der Waals surface area (Å²) >= 11 is 2.21. The van der Waals surface area contributed by atoms with Crippen molar-refractivity contribution in [1.29, 1.82) is 0 Å². The molecule has 0 bridgehead atoms. The molecular formula is C13H16INO3. The van der Waals surface area contributed by atoms with Crippen molar-refractivity contribution in [3.63, 3.8) is 0 Å². The van der Waals surface area contributed by atoms with E-state index in [1.807, 2.05) is 24.3 Å². The molecule has 0 heterocycles. The summed E-state index contributed by atoms with van der Waals surface area (Å²) in [7, 11) is 0. The van der Waals surface area contributed by atoms with Gasteiger partial charge in [0.1, 0.15) is 6.54 Å². The van der Waals surface area contributed by atoms with E-state index in [0.29, 0.717) is 13.2 Å². The summed E-state index contributed by atoms with van der Waals surface area (Å²) in [4.78, 5) is 24.4. The molecule has 0 aliphatic rings. The number of hydrogen-bond acceptors (Lipinski definition) is 3. The SMILES string of the molecule is CCOC(=O)CN(Cc1ccccc1I)C(C)=O. The van der Waals surface area contributed by atoms with Crippen LogP contribution in [0.1, 0.15) is 19.4 Å². The Morgan fingerprint density at radius 1 is 1.33 bits per heavy atom. The largest absolute Gasteiger partial charge is 0.465 e. The van der Waals surface area contributed by atoms with Crippen LogP contribution in [0, 0.1) is 3.57 Å². The number of benzene rings is 1. The zero-order valence-corrected chi connectivity index (χ0v) is 12.6. The van der Waals surface area contributed by atoms with Crippen LogP contribution in [0.5, 0.6) is 0 Å². The molecule has 0 spiro atoms. The van der Waals surface area contributed by atoms with E-state index in [1.165, 1.54) is 11.8 Å². The molecule has 0 saturated heterocycles. The molecule has 18 heavy (non-hydrogen) atoms. The predicted octanol–water partition coefficient (Wildman–Crippen LogP) is 2.20. The van der Waals surface area contributed by atoms with Crippen LogP contribution in [0.4, 0.5) is 0 Å². The standard InChI is InChI=1S/C13H16INO3/c1-3-18-13(17)9-15(10(2)16)8-11-6-4-5-7-12(11)14/h4-7H,3,8-9H2,1-2H3. The number of rotatable bonds is 5. The summed E-state index contributed by atoms with van der Waals surface area (Å²) in [5.41, 5.74) is 1.03. The first kappa shape index (κ1) is 14.9. The zero-order chi connectivity index (χ0) is 13.5. The Bertz CT molecular complexity index is 434. The maximum Gasteiger partial charge on any atom is 0.325 e. The molecule has 5 heteroatoms. The number of ether oxygens (including phenoxy) is 1. The molecule has 0 atom stereocenters. The minimum absolute atomic E-state index is 0.00581. The number of hydrogen-bond donors (Lipinski definition) is 0. The van der Waals surface area contributed by atoms with E-state index in [2.05, 4.69) is 22.6 Å². The van der Waals surface area contributed by atoms with Crippen molar-refractivity contribution in [2.45, 2.75) is 20.4 Å². The van der Waals surface area contributed by atoms with Gasteiger partial charge in [-0.2, -0.15) is 0 Å². The Balaban J connectivity index is 2.72. The van der Waals surface area contributed by atoms with Gasteiger partial charge in [-0.25, -0.2) is 0 Å². The molecule has 1 aromatic rings. The molecule has 98 valence electrons. The molecule has 0 aliphatic carbocycles. The maximum absolute atomic E-state index is 11.5. The first-order chi connectivity index (χ1) is 8.54. The second kappa shape index (κ2) is 7.35. The highest BCUT2D eigenvalue weighted by atomic mass is 127. The fourth-order valence-corrected chi connectivity index (χ4v) is 2.03. The van der Waals surface area contributed by atoms with Crippen LogP contribution in [0.2, 0.25) is 0 Å². The van der Waals surface area contributed by atoms with Crippen molar-refractivity contribution in [2.75, 3.05) is 13.2 Å². The maximum atomic E-state index is 11.5. The van der Waals surface area contributed by atoms with E-state index >= 15 is 0 Å². The van der Waals surface area contributed by atoms with Gasteiger partial charge in [0.15, 0.2) is 0 Å². The number of amides is 1. The Hall–Kier alpha value is -1.11. The van der Waals surface area contributed by atoms with Crippen molar-refractivity contribution < 1.29 is 14.3 Å². The number of halogens is 1. The van der Waals surface area contributed by atoms with E-state index in [4.69, 9.17) is 4.74 Å². The van der Waals surface area contributed by atoms with Gasteiger partial charge >= 0.3 is 5.97 Å². The van der Waals surface area contributed by atoms with E-state index in [1.54, 1.807) is 6.92 Å². The van der Waals surface area contributed by atoms with E-state index in [9.17, 15) is 9.59 Å². The molecule has 0 saturated carbocycles. The molecule has 0 radical (unpaired) electrons. The van der Waals surface area contributed by atoms with Crippen LogP contribution in [-0.2, 0) is 20.9 Å². The van der Waals surface area contributed by atoms with Crippen LogP contribution >= 0.6 is 22.6 Å². The summed E-state index contributed by atoms with van der Waals surface area (Å²) in [5.74, 6) is -0.513. The average Bonchev–Trinajstić information content (AvgIpc) is 2.31. The van der Waals surface area contributed by atoms with Gasteiger partial charge in [0, 0.05) is 17.0 Å². The monoisotopic (exact) mass is 361 g/mol. The van der Waals surface area contributed by atoms with Gasteiger partial charge in [-0.05, 0) is 41.1 Å². The fraction of sp³-hybridized carbons (Fsp3) is 0.385. The zero-order valence-electron chi connectivity index (χ0n) is 10.5. The molecule has 0 aliphatic heterocycles. The minimum Gasteiger partial charge on any atom is -0.465 e. The highest BCUT2D eigenvalue weighted by Gasteiger charge is 2.15. The van der Waals surface area contributed by atoms with E-state index < -0.39 is 0 Å². The Morgan fingerprint density at radius 2 is 2.00 bits per heavy atom. The topological polar surface area (TPSA) is 46.6 Å². The van der Waals surface area contributed by atoms with Crippen LogP contribution in [0.15, 0.2) is 24.3 Å². The van der Waals surface area contributed by atoms with Gasteiger partial charge in [-0.1, -0.05) is 18.2 Å². The highest BCUT2D eigenvalue weighted by Crippen LogP contribution is 2.14. The van der Waals surface area contributed by atoms with Gasteiger partial charge in [-0.3, -0.25) is 9.59 Å². The van der Waals surface area contributed by atoms with Gasteiger partial charge in [0.25, 0.3) is 0 Å². The quantitative estimate of drug-likeness (QED) is 0.597. The lowest BCUT2D eigenvalue weighted by Crippen LogP contribution is -2.34. The first-order valence-electron chi connectivity index (χ1n) is 5.69. The Morgan fingerprint density at radius 3 is 2.56 bits per heavy atom. The lowest BCUT2D eigenvalue weighted by molar-refractivity contribution is -0.148. The van der Waals surface area contributed by atoms with Gasteiger partial charge in [0.05, 0.1) is 6.61 Å². The Kier molecular flexibility index (Phi) is 6.11. The summed E-state index contributed by atoms with van der Waals surface area (Å²) in [6.07, 6.45) is 0. The molecule has 1 amide bonds. The molecule has 0 unspecified atom stereocenters. The lowest BCUT2D eigenvalue weighted by Gasteiger charge is -2.20. The first-order valence-corrected chi connectivity index (χ1v) is 6.77. The number of nitrogens with zero attached hydrogens (tertiary/aromatic N) is 1. The van der Waals surface area contributed by atoms with Crippen LogP contribution in [0.25, 0.3) is 0 Å². The molecule has 1 rings (SSSR count). The molecule has 4 nitrogen and oxygen atoms in total. The fourth-order valence-electron chi connectivity index (χ4n) is 1.47. The third-order valence-corrected chi connectivity index (χ3v) is 3.44. The van der Waals surface area contributed by atoms with Crippen molar-refractivity contribution in [3.8, 4) is 0 Å². The van der Waals surface area contributed by atoms with E-state index in [0.717, 1.165) is 9.13 Å². The van der Waals surface area contributed by atoms with Crippen molar-refractivity contribution in [3.05, 3.63) is 33.4 Å². The highest BCUT2D eigenvalue weighted by molar-refractivity contribution is 14.1. The van der Waals surface area contributed by atoms with Gasteiger partial charge < -0.3 is 9.64 Å². The van der Waals surface area contributed by atoms with Crippen LogP contribution in [-0.4, -0.2) is 29.9 Å². The van der Waals surface area contributed by atoms with Gasteiger partial charge in [0.2, 0.25) is 5.91 Å². The predicted molar refractivity (Wildman–Crippen MR) is 76.9 cm³/mol. The normalized spacial score (nSPS) is 9.94. The third kappa shape index (κ3) is 4.64. The average molecular weight is 361 g/mol. The van der Waals surface area contributed by atoms with Gasteiger partial charge in [-0.15, -0.1) is 0 Å². The summed E-state index contributed by atoms with van der Waals surface area (Å²) in [5, 5.41) is 0. The smallest absolute Gasteiger partial charge is 0.325 e. The molecule has 0 fully saturated rings. The van der Waals surface area contributed by atoms with Crippen LogP contribution < -0.4 is 0 Å². The van der Waals surface area contributed by atoms with Crippen LogP contribution in [0.3, 0.4) is 0 Å². The van der Waals surface area contributed by atoms with E-state index in [-0.39, 0.29) is 18.4 Å². The lowest BCUT2D eigenvalue weighted by atomic mass is 10.2. The molecule has 0 aromatic heterocycles. The minimum atomic E-state index is -0.376. The summed E-state index contributed by atoms with van der Waals surface area (Å²) in [6.45, 7) is 3.94. The number of esters is 1. The number of carbonyl (C=O) groups is 2. The van der Waals surface area contributed by atoms with Crippen molar-refractivity contribution in [2.24, 2.45) is 0 Å². The number of carbonyl (C=O) groups excluding carboxylic acids is 2. The summed E-state index contributed by atoms with van der Waals surface area (Å²) in [6, 6.07) is 7.77. The third-order valence-electron chi connectivity index (χ3n) is 2.39. The summed E-state index contributed by atoms with van der Waals surface area (Å²) < 4.78 is 5.93. The van der Waals surface area contributed by atoms with Crippen molar-refractivity contribution >= 4 is 34.5 Å². The second-order valence-corrected chi connectivity index (χ2v) is 4.93. The van der Waals surface area contributed by atoms with Crippen molar-refractivity contribution in [1.82, 2.24) is 4.90 Å². The second-order valence-electron chi connectivity index (χ2n) is 3.77. The molecule has 0 N–H and O–H groups in total.